The number of anilines is 1. The Balaban J connectivity index is 1.69. The van der Waals surface area contributed by atoms with Crippen LogP contribution in [0.2, 0.25) is 5.02 Å². The minimum Gasteiger partial charge on any atom is -0.312 e. The van der Waals surface area contributed by atoms with Gasteiger partial charge < -0.3 is 9.88 Å². The van der Waals surface area contributed by atoms with E-state index < -0.39 is 0 Å². The summed E-state index contributed by atoms with van der Waals surface area (Å²) < 4.78 is 1.80. The lowest BCUT2D eigenvalue weighted by Crippen LogP contribution is -2.33. The van der Waals surface area contributed by atoms with Crippen LogP contribution in [0.25, 0.3) is 0 Å². The number of nitrogens with zero attached hydrogens (tertiary/aromatic N) is 2. The van der Waals surface area contributed by atoms with E-state index in [0.29, 0.717) is 27.3 Å². The van der Waals surface area contributed by atoms with Crippen LogP contribution in [0.3, 0.4) is 0 Å². The van der Waals surface area contributed by atoms with E-state index >= 15 is 0 Å². The maximum atomic E-state index is 13.0. The molecule has 2 aromatic carbocycles. The van der Waals surface area contributed by atoms with E-state index in [1.54, 1.807) is 4.57 Å². The van der Waals surface area contributed by atoms with Crippen molar-refractivity contribution in [1.29, 1.82) is 0 Å². The maximum absolute atomic E-state index is 13.0. The van der Waals surface area contributed by atoms with Crippen LogP contribution in [0.5, 0.6) is 0 Å². The number of carbonyl (C=O) groups is 1. The molecule has 2 heterocycles. The number of carbonyl (C=O) groups excluding carboxylic acids is 1. The molecular weight excluding hydrogens is 418 g/mol. The highest BCUT2D eigenvalue weighted by Gasteiger charge is 2.32. The Morgan fingerprint density at radius 2 is 1.93 bits per heavy atom. The number of amides is 1. The molecule has 1 atom stereocenters. The first-order valence-electron chi connectivity index (χ1n) is 9.83. The first-order valence-corrected chi connectivity index (χ1v) is 11.2. The van der Waals surface area contributed by atoms with E-state index in [4.69, 9.17) is 11.6 Å². The molecule has 0 bridgehead atoms. The first kappa shape index (κ1) is 20.7. The van der Waals surface area contributed by atoms with Crippen LogP contribution in [-0.4, -0.2) is 15.5 Å². The summed E-state index contributed by atoms with van der Waals surface area (Å²) in [5.74, 6) is 0.761. The second kappa shape index (κ2) is 8.66. The lowest BCUT2D eigenvalue weighted by Gasteiger charge is -2.27. The van der Waals surface area contributed by atoms with Gasteiger partial charge in [0.1, 0.15) is 5.82 Å². The van der Waals surface area contributed by atoms with Crippen molar-refractivity contribution in [3.05, 3.63) is 86.2 Å². The molecule has 0 spiro atoms. The fourth-order valence-corrected chi connectivity index (χ4v) is 4.83. The van der Waals surface area contributed by atoms with Crippen molar-refractivity contribution < 1.29 is 4.79 Å². The number of hydrogen-bond donors (Lipinski definition) is 1. The van der Waals surface area contributed by atoms with Gasteiger partial charge in [-0.2, -0.15) is 4.98 Å². The third-order valence-electron chi connectivity index (χ3n) is 5.35. The highest BCUT2D eigenvalue weighted by molar-refractivity contribution is 7.98. The Kier molecular flexibility index (Phi) is 5.97. The number of nitrogens with one attached hydrogen (secondary N) is 1. The maximum Gasteiger partial charge on any atom is 0.279 e. The highest BCUT2D eigenvalue weighted by Crippen LogP contribution is 2.36. The van der Waals surface area contributed by atoms with E-state index in [9.17, 15) is 9.59 Å². The zero-order chi connectivity index (χ0) is 21.3. The Hall–Kier alpha value is -2.57. The smallest absolute Gasteiger partial charge is 0.279 e. The Bertz CT molecular complexity index is 1160. The molecule has 5 nitrogen and oxygen atoms in total. The summed E-state index contributed by atoms with van der Waals surface area (Å²) in [6.45, 7) is 2.10. The average Bonchev–Trinajstić information content (AvgIpc) is 2.74. The molecule has 1 unspecified atom stereocenters. The molecule has 7 heteroatoms. The number of aromatic nitrogens is 2. The number of aryl methyl sites for hydroxylation is 1. The number of hydrogen-bond acceptors (Lipinski definition) is 4. The molecule has 1 aliphatic rings. The minimum absolute atomic E-state index is 0.0981. The number of rotatable bonds is 5. The van der Waals surface area contributed by atoms with Crippen LogP contribution in [0, 0.1) is 0 Å². The molecule has 0 radical (unpaired) electrons. The SMILES string of the molecule is CCc1ccc(C2CC(=O)Nc3c2c(=O)nc(SCc2cccc(Cl)c2)n3C)cc1. The van der Waals surface area contributed by atoms with Gasteiger partial charge in [-0.25, -0.2) is 0 Å². The van der Waals surface area contributed by atoms with Crippen molar-refractivity contribution >= 4 is 35.1 Å². The van der Waals surface area contributed by atoms with Gasteiger partial charge in [0.15, 0.2) is 5.16 Å². The van der Waals surface area contributed by atoms with Gasteiger partial charge >= 0.3 is 0 Å². The van der Waals surface area contributed by atoms with Gasteiger partial charge in [-0.3, -0.25) is 9.59 Å². The molecule has 1 aromatic heterocycles. The molecule has 0 aliphatic carbocycles. The molecular formula is C23H22ClN3O2S. The van der Waals surface area contributed by atoms with Gasteiger partial charge in [-0.15, -0.1) is 0 Å². The van der Waals surface area contributed by atoms with E-state index in [1.165, 1.54) is 17.3 Å². The molecule has 3 aromatic rings. The standard InChI is InChI=1S/C23H22ClN3O2S/c1-3-14-7-9-16(10-8-14)18-12-19(28)25-21-20(18)22(29)26-23(27(21)2)30-13-15-5-4-6-17(24)11-15/h4-11,18H,3,12-13H2,1-2H3,(H,25,28). The summed E-state index contributed by atoms with van der Waals surface area (Å²) in [4.78, 5) is 29.8. The second-order valence-electron chi connectivity index (χ2n) is 7.34. The number of halogens is 1. The average molecular weight is 440 g/mol. The normalized spacial score (nSPS) is 15.6. The number of thioether (sulfide) groups is 1. The Labute approximate surface area is 184 Å². The van der Waals surface area contributed by atoms with Crippen molar-refractivity contribution in [2.75, 3.05) is 5.32 Å². The van der Waals surface area contributed by atoms with Crippen molar-refractivity contribution in [2.24, 2.45) is 7.05 Å². The van der Waals surface area contributed by atoms with Crippen LogP contribution >= 0.6 is 23.4 Å². The number of fused-ring (bicyclic) bond motifs is 1. The molecule has 30 heavy (non-hydrogen) atoms. The molecule has 0 fully saturated rings. The lowest BCUT2D eigenvalue weighted by molar-refractivity contribution is -0.116. The quantitative estimate of drug-likeness (QED) is 0.459. The summed E-state index contributed by atoms with van der Waals surface area (Å²) in [5, 5.41) is 4.12. The summed E-state index contributed by atoms with van der Waals surface area (Å²) in [5.41, 5.74) is 3.48. The predicted molar refractivity (Wildman–Crippen MR) is 121 cm³/mol. The Morgan fingerprint density at radius 3 is 2.63 bits per heavy atom. The molecule has 1 aliphatic heterocycles. The van der Waals surface area contributed by atoms with Gasteiger partial charge in [0, 0.05) is 30.2 Å². The van der Waals surface area contributed by atoms with Crippen LogP contribution in [0.4, 0.5) is 5.82 Å². The molecule has 1 N–H and O–H groups in total. The van der Waals surface area contributed by atoms with Crippen LogP contribution in [0.15, 0.2) is 58.5 Å². The summed E-state index contributed by atoms with van der Waals surface area (Å²) >= 11 is 7.50. The van der Waals surface area contributed by atoms with E-state index in [2.05, 4.69) is 29.4 Å². The predicted octanol–water partition coefficient (Wildman–Crippen LogP) is 4.76. The molecule has 0 saturated carbocycles. The third kappa shape index (κ3) is 4.16. The molecule has 154 valence electrons. The monoisotopic (exact) mass is 439 g/mol. The zero-order valence-electron chi connectivity index (χ0n) is 16.8. The number of benzene rings is 2. The van der Waals surface area contributed by atoms with Crippen LogP contribution < -0.4 is 10.9 Å². The van der Waals surface area contributed by atoms with Crippen LogP contribution in [0.1, 0.15) is 41.5 Å². The zero-order valence-corrected chi connectivity index (χ0v) is 18.4. The van der Waals surface area contributed by atoms with Crippen molar-refractivity contribution in [1.82, 2.24) is 9.55 Å². The second-order valence-corrected chi connectivity index (χ2v) is 8.72. The topological polar surface area (TPSA) is 64.0 Å². The van der Waals surface area contributed by atoms with Crippen molar-refractivity contribution in [3.8, 4) is 0 Å². The highest BCUT2D eigenvalue weighted by atomic mass is 35.5. The van der Waals surface area contributed by atoms with Crippen molar-refractivity contribution in [3.63, 3.8) is 0 Å². The van der Waals surface area contributed by atoms with Crippen LogP contribution in [-0.2, 0) is 24.0 Å². The minimum atomic E-state index is -0.294. The van der Waals surface area contributed by atoms with Gasteiger partial charge in [-0.1, -0.05) is 66.7 Å². The van der Waals surface area contributed by atoms with Gasteiger partial charge in [0.05, 0.1) is 5.56 Å². The fourth-order valence-electron chi connectivity index (χ4n) is 3.71. The van der Waals surface area contributed by atoms with Gasteiger partial charge in [0.25, 0.3) is 5.56 Å². The van der Waals surface area contributed by atoms with Gasteiger partial charge in [-0.05, 0) is 35.2 Å². The van der Waals surface area contributed by atoms with E-state index in [1.807, 2.05) is 43.4 Å². The molecule has 1 amide bonds. The summed E-state index contributed by atoms with van der Waals surface area (Å²) in [7, 11) is 1.83. The fraction of sp³-hybridized carbons (Fsp3) is 0.261. The van der Waals surface area contributed by atoms with Gasteiger partial charge in [0.2, 0.25) is 5.91 Å². The van der Waals surface area contributed by atoms with E-state index in [0.717, 1.165) is 17.5 Å². The van der Waals surface area contributed by atoms with E-state index in [-0.39, 0.29) is 23.8 Å². The first-order chi connectivity index (χ1) is 14.5. The molecule has 0 saturated heterocycles. The lowest BCUT2D eigenvalue weighted by atomic mass is 9.86. The Morgan fingerprint density at radius 1 is 1.17 bits per heavy atom. The van der Waals surface area contributed by atoms with Crippen molar-refractivity contribution in [2.45, 2.75) is 36.6 Å². The summed E-state index contributed by atoms with van der Waals surface area (Å²) in [6, 6.07) is 15.7. The molecule has 4 rings (SSSR count). The summed E-state index contributed by atoms with van der Waals surface area (Å²) in [6.07, 6.45) is 1.18. The third-order valence-corrected chi connectivity index (χ3v) is 6.68. The largest absolute Gasteiger partial charge is 0.312 e.